The zero-order valence-electron chi connectivity index (χ0n) is 14.6. The fraction of sp³-hybridized carbons (Fsp3) is 0. The molecule has 28 heavy (non-hydrogen) atoms. The van der Waals surface area contributed by atoms with Crippen molar-refractivity contribution in [3.63, 3.8) is 0 Å². The summed E-state index contributed by atoms with van der Waals surface area (Å²) >= 11 is 0. The molecule has 8 nitrogen and oxygen atoms in total. The Morgan fingerprint density at radius 3 is 2.39 bits per heavy atom. The number of hydrazone groups is 1. The summed E-state index contributed by atoms with van der Waals surface area (Å²) in [5.41, 5.74) is 7.06. The van der Waals surface area contributed by atoms with Crippen molar-refractivity contribution in [1.82, 2.24) is 15.0 Å². The first-order valence-electron chi connectivity index (χ1n) is 8.33. The van der Waals surface area contributed by atoms with E-state index in [4.69, 9.17) is 5.14 Å². The second kappa shape index (κ2) is 7.22. The highest BCUT2D eigenvalue weighted by atomic mass is 32.2. The molecule has 1 aromatic heterocycles. The molecule has 0 aliphatic rings. The van der Waals surface area contributed by atoms with Gasteiger partial charge in [-0.2, -0.15) is 5.10 Å². The molecule has 0 spiro atoms. The van der Waals surface area contributed by atoms with Crippen molar-refractivity contribution in [3.8, 4) is 5.69 Å². The Hall–Kier alpha value is -3.56. The average molecular weight is 392 g/mol. The fourth-order valence-electron chi connectivity index (χ4n) is 2.66. The Balaban J connectivity index is 1.46. The molecule has 1 heterocycles. The highest BCUT2D eigenvalue weighted by molar-refractivity contribution is 7.89. The van der Waals surface area contributed by atoms with Gasteiger partial charge in [0.15, 0.2) is 0 Å². The van der Waals surface area contributed by atoms with Crippen LogP contribution in [0.2, 0.25) is 0 Å². The smallest absolute Gasteiger partial charge is 0.238 e. The van der Waals surface area contributed by atoms with Crippen LogP contribution >= 0.6 is 0 Å². The van der Waals surface area contributed by atoms with Crippen LogP contribution in [0.1, 0.15) is 5.56 Å². The first-order valence-corrected chi connectivity index (χ1v) is 9.88. The third-order valence-electron chi connectivity index (χ3n) is 4.08. The summed E-state index contributed by atoms with van der Waals surface area (Å²) in [6.45, 7) is 0. The molecule has 0 saturated heterocycles. The van der Waals surface area contributed by atoms with Crippen molar-refractivity contribution in [3.05, 3.63) is 78.4 Å². The number of nitrogens with two attached hydrogens (primary N) is 1. The predicted octanol–water partition coefficient (Wildman–Crippen LogP) is 2.51. The van der Waals surface area contributed by atoms with Crippen molar-refractivity contribution in [2.75, 3.05) is 5.43 Å². The Morgan fingerprint density at radius 2 is 1.68 bits per heavy atom. The van der Waals surface area contributed by atoms with Crippen molar-refractivity contribution < 1.29 is 8.42 Å². The van der Waals surface area contributed by atoms with Gasteiger partial charge in [-0.25, -0.2) is 18.2 Å². The third-order valence-corrected chi connectivity index (χ3v) is 5.01. The SMILES string of the molecule is NS(=O)(=O)c1ccc(N/N=C/c2ccc(-n3nnc4ccccc43)cc2)cc1. The first kappa shape index (κ1) is 17.8. The Kier molecular flexibility index (Phi) is 4.60. The maximum absolute atomic E-state index is 11.2. The van der Waals surface area contributed by atoms with Crippen LogP contribution in [0.3, 0.4) is 0 Å². The summed E-state index contributed by atoms with van der Waals surface area (Å²) in [7, 11) is -3.70. The minimum absolute atomic E-state index is 0.0539. The molecule has 0 radical (unpaired) electrons. The number of rotatable bonds is 5. The normalized spacial score (nSPS) is 11.9. The highest BCUT2D eigenvalue weighted by Crippen LogP contribution is 2.16. The fourth-order valence-corrected chi connectivity index (χ4v) is 3.18. The van der Waals surface area contributed by atoms with Crippen LogP contribution in [-0.4, -0.2) is 29.6 Å². The second-order valence-electron chi connectivity index (χ2n) is 6.02. The minimum atomic E-state index is -3.70. The van der Waals surface area contributed by atoms with Crippen molar-refractivity contribution >= 4 is 33.0 Å². The lowest BCUT2D eigenvalue weighted by Crippen LogP contribution is -2.11. The zero-order valence-corrected chi connectivity index (χ0v) is 15.4. The molecule has 3 N–H and O–H groups in total. The predicted molar refractivity (Wildman–Crippen MR) is 108 cm³/mol. The number of nitrogens with zero attached hydrogens (tertiary/aromatic N) is 4. The van der Waals surface area contributed by atoms with E-state index < -0.39 is 10.0 Å². The number of primary sulfonamides is 1. The number of aromatic nitrogens is 3. The molecule has 3 aromatic carbocycles. The number of hydrogen-bond donors (Lipinski definition) is 2. The van der Waals surface area contributed by atoms with Crippen molar-refractivity contribution in [2.24, 2.45) is 10.2 Å². The van der Waals surface area contributed by atoms with Gasteiger partial charge in [0.25, 0.3) is 0 Å². The van der Waals surface area contributed by atoms with Gasteiger partial charge in [-0.1, -0.05) is 29.5 Å². The van der Waals surface area contributed by atoms with Crippen LogP contribution in [0.5, 0.6) is 0 Å². The van der Waals surface area contributed by atoms with Gasteiger partial charge in [0.2, 0.25) is 10.0 Å². The van der Waals surface area contributed by atoms with Crippen LogP contribution in [0.4, 0.5) is 5.69 Å². The second-order valence-corrected chi connectivity index (χ2v) is 7.58. The number of hydrogen-bond acceptors (Lipinski definition) is 6. The van der Waals surface area contributed by atoms with Gasteiger partial charge >= 0.3 is 0 Å². The summed E-state index contributed by atoms with van der Waals surface area (Å²) < 4.78 is 24.3. The van der Waals surface area contributed by atoms with Gasteiger partial charge in [0.05, 0.1) is 28.0 Å². The maximum Gasteiger partial charge on any atom is 0.238 e. The number of fused-ring (bicyclic) bond motifs is 1. The van der Waals surface area contributed by atoms with E-state index in [-0.39, 0.29) is 4.90 Å². The van der Waals surface area contributed by atoms with E-state index in [1.165, 1.54) is 12.1 Å². The highest BCUT2D eigenvalue weighted by Gasteiger charge is 2.06. The lowest BCUT2D eigenvalue weighted by Gasteiger charge is -2.03. The van der Waals surface area contributed by atoms with E-state index in [9.17, 15) is 8.42 Å². The first-order chi connectivity index (χ1) is 13.5. The average Bonchev–Trinajstić information content (AvgIpc) is 3.12. The monoisotopic (exact) mass is 392 g/mol. The molecule has 0 unspecified atom stereocenters. The largest absolute Gasteiger partial charge is 0.279 e. The van der Waals surface area contributed by atoms with E-state index in [1.54, 1.807) is 23.0 Å². The number of nitrogens with one attached hydrogen (secondary N) is 1. The lowest BCUT2D eigenvalue weighted by molar-refractivity contribution is 0.598. The topological polar surface area (TPSA) is 115 Å². The molecule has 4 rings (SSSR count). The van der Waals surface area contributed by atoms with E-state index >= 15 is 0 Å². The summed E-state index contributed by atoms with van der Waals surface area (Å²) in [5, 5.41) is 17.6. The maximum atomic E-state index is 11.2. The van der Waals surface area contributed by atoms with E-state index in [0.29, 0.717) is 5.69 Å². The molecule has 0 bridgehead atoms. The Bertz CT molecular complexity index is 1250. The number of benzene rings is 3. The Morgan fingerprint density at radius 1 is 0.964 bits per heavy atom. The standard InChI is InChI=1S/C19H16N6O2S/c20-28(26,27)17-11-7-15(8-12-17)22-21-13-14-5-9-16(10-6-14)25-19-4-2-1-3-18(19)23-24-25/h1-13,22H,(H2,20,26,27)/b21-13+. The number of sulfonamides is 1. The molecular weight excluding hydrogens is 376 g/mol. The van der Waals surface area contributed by atoms with Crippen LogP contribution in [0.25, 0.3) is 16.7 Å². The van der Waals surface area contributed by atoms with E-state index in [1.807, 2.05) is 48.5 Å². The number of anilines is 1. The number of para-hydroxylation sites is 1. The van der Waals surface area contributed by atoms with Gasteiger partial charge in [0, 0.05) is 0 Å². The van der Waals surface area contributed by atoms with Crippen LogP contribution < -0.4 is 10.6 Å². The summed E-state index contributed by atoms with van der Waals surface area (Å²) in [6, 6.07) is 21.5. The lowest BCUT2D eigenvalue weighted by atomic mass is 10.2. The summed E-state index contributed by atoms with van der Waals surface area (Å²) in [6.07, 6.45) is 1.66. The van der Waals surface area contributed by atoms with Crippen LogP contribution in [-0.2, 0) is 10.0 Å². The minimum Gasteiger partial charge on any atom is -0.279 e. The van der Waals surface area contributed by atoms with Crippen LogP contribution in [0.15, 0.2) is 82.8 Å². The molecule has 9 heteroatoms. The molecule has 0 fully saturated rings. The quantitative estimate of drug-likeness (QED) is 0.400. The summed E-state index contributed by atoms with van der Waals surface area (Å²) in [4.78, 5) is 0.0539. The summed E-state index contributed by atoms with van der Waals surface area (Å²) in [5.74, 6) is 0. The van der Waals surface area contributed by atoms with E-state index in [0.717, 1.165) is 22.3 Å². The van der Waals surface area contributed by atoms with Gasteiger partial charge in [-0.05, 0) is 54.1 Å². The van der Waals surface area contributed by atoms with Crippen LogP contribution in [0, 0.1) is 0 Å². The van der Waals surface area contributed by atoms with Gasteiger partial charge in [-0.3, -0.25) is 5.43 Å². The zero-order chi connectivity index (χ0) is 19.6. The van der Waals surface area contributed by atoms with E-state index in [2.05, 4.69) is 20.8 Å². The van der Waals surface area contributed by atoms with Crippen molar-refractivity contribution in [2.45, 2.75) is 4.90 Å². The molecular formula is C19H16N6O2S. The molecule has 0 aliphatic carbocycles. The molecule has 0 aliphatic heterocycles. The van der Waals surface area contributed by atoms with Gasteiger partial charge < -0.3 is 0 Å². The third kappa shape index (κ3) is 3.75. The molecule has 4 aromatic rings. The van der Waals surface area contributed by atoms with Crippen molar-refractivity contribution in [1.29, 1.82) is 0 Å². The molecule has 0 saturated carbocycles. The molecule has 0 atom stereocenters. The Labute approximate surface area is 161 Å². The van der Waals surface area contributed by atoms with Gasteiger partial charge in [0.1, 0.15) is 5.52 Å². The van der Waals surface area contributed by atoms with Gasteiger partial charge in [-0.15, -0.1) is 5.10 Å². The molecule has 140 valence electrons. The molecule has 0 amide bonds.